The number of carbonyl (C=O) groups excluding carboxylic acids is 1. The highest BCUT2D eigenvalue weighted by atomic mass is 16.3. The van der Waals surface area contributed by atoms with Crippen LogP contribution >= 0.6 is 0 Å². The first-order valence-corrected chi connectivity index (χ1v) is 7.17. The van der Waals surface area contributed by atoms with E-state index in [4.69, 9.17) is 9.68 Å². The van der Waals surface area contributed by atoms with Crippen molar-refractivity contribution in [3.63, 3.8) is 0 Å². The quantitative estimate of drug-likeness (QED) is 0.861. The lowest BCUT2D eigenvalue weighted by molar-refractivity contribution is -0.133. The van der Waals surface area contributed by atoms with Crippen LogP contribution in [0.2, 0.25) is 0 Å². The molecule has 0 aromatic carbocycles. The van der Waals surface area contributed by atoms with Crippen molar-refractivity contribution in [3.05, 3.63) is 24.2 Å². The van der Waals surface area contributed by atoms with E-state index in [1.54, 1.807) is 11.2 Å². The minimum absolute atomic E-state index is 0.128. The van der Waals surface area contributed by atoms with Crippen LogP contribution < -0.4 is 5.32 Å². The first-order valence-electron chi connectivity index (χ1n) is 7.17. The highest BCUT2D eigenvalue weighted by molar-refractivity contribution is 5.76. The molecule has 1 aromatic heterocycles. The van der Waals surface area contributed by atoms with E-state index >= 15 is 0 Å². The number of rotatable bonds is 6. The van der Waals surface area contributed by atoms with Crippen LogP contribution in [0.5, 0.6) is 0 Å². The molecule has 0 saturated carbocycles. The summed E-state index contributed by atoms with van der Waals surface area (Å²) in [6.07, 6.45) is 4.65. The van der Waals surface area contributed by atoms with Crippen molar-refractivity contribution in [1.82, 2.24) is 10.2 Å². The first-order chi connectivity index (χ1) is 9.79. The fraction of sp³-hybridized carbons (Fsp3) is 0.600. The summed E-state index contributed by atoms with van der Waals surface area (Å²) in [7, 11) is 0. The van der Waals surface area contributed by atoms with Crippen molar-refractivity contribution >= 4 is 5.91 Å². The topological polar surface area (TPSA) is 69.3 Å². The lowest BCUT2D eigenvalue weighted by atomic mass is 9.94. The molecule has 0 radical (unpaired) electrons. The molecule has 5 heteroatoms. The van der Waals surface area contributed by atoms with Gasteiger partial charge in [0.1, 0.15) is 5.76 Å². The number of nitriles is 1. The molecule has 20 heavy (non-hydrogen) atoms. The maximum Gasteiger partial charge on any atom is 0.223 e. The van der Waals surface area contributed by atoms with Crippen LogP contribution in [0.3, 0.4) is 0 Å². The Bertz CT molecular complexity index is 444. The fourth-order valence-corrected chi connectivity index (χ4v) is 2.53. The lowest BCUT2D eigenvalue weighted by Crippen LogP contribution is -2.35. The van der Waals surface area contributed by atoms with Gasteiger partial charge in [0.05, 0.1) is 25.3 Å². The second-order valence-electron chi connectivity index (χ2n) is 5.20. The van der Waals surface area contributed by atoms with Gasteiger partial charge in [0.2, 0.25) is 5.91 Å². The molecule has 2 rings (SSSR count). The molecule has 1 N–H and O–H groups in total. The van der Waals surface area contributed by atoms with Crippen molar-refractivity contribution in [2.24, 2.45) is 5.92 Å². The van der Waals surface area contributed by atoms with Crippen LogP contribution in [0.1, 0.15) is 31.4 Å². The Morgan fingerprint density at radius 3 is 2.95 bits per heavy atom. The third-order valence-electron chi connectivity index (χ3n) is 3.70. The molecule has 5 nitrogen and oxygen atoms in total. The molecule has 2 heterocycles. The Hall–Kier alpha value is -1.80. The summed E-state index contributed by atoms with van der Waals surface area (Å²) in [5.41, 5.74) is 0. The van der Waals surface area contributed by atoms with E-state index in [1.807, 2.05) is 12.1 Å². The molecule has 0 unspecified atom stereocenters. The van der Waals surface area contributed by atoms with E-state index in [0.29, 0.717) is 31.8 Å². The number of amides is 1. The van der Waals surface area contributed by atoms with Gasteiger partial charge in [0.25, 0.3) is 0 Å². The van der Waals surface area contributed by atoms with Gasteiger partial charge < -0.3 is 14.6 Å². The normalized spacial score (nSPS) is 15.8. The van der Waals surface area contributed by atoms with E-state index in [9.17, 15) is 4.79 Å². The van der Waals surface area contributed by atoms with E-state index < -0.39 is 0 Å². The fourth-order valence-electron chi connectivity index (χ4n) is 2.53. The number of nitrogens with one attached hydrogen (secondary N) is 1. The highest BCUT2D eigenvalue weighted by Crippen LogP contribution is 2.18. The number of hydrogen-bond donors (Lipinski definition) is 1. The maximum absolute atomic E-state index is 12.4. The standard InChI is InChI=1S/C15H21N3O2/c16-6-2-9-18(12-14-3-1-10-20-14)15(19)11-13-4-7-17-8-5-13/h1,3,10,13,17H,2,4-5,7-9,11-12H2. The van der Waals surface area contributed by atoms with Gasteiger partial charge in [-0.15, -0.1) is 0 Å². The Morgan fingerprint density at radius 2 is 2.30 bits per heavy atom. The van der Waals surface area contributed by atoms with Crippen LogP contribution in [0.25, 0.3) is 0 Å². The zero-order valence-corrected chi connectivity index (χ0v) is 11.7. The summed E-state index contributed by atoms with van der Waals surface area (Å²) in [6, 6.07) is 5.77. The number of carbonyl (C=O) groups is 1. The third-order valence-corrected chi connectivity index (χ3v) is 3.70. The number of nitrogens with zero attached hydrogens (tertiary/aromatic N) is 2. The van der Waals surface area contributed by atoms with Crippen molar-refractivity contribution < 1.29 is 9.21 Å². The monoisotopic (exact) mass is 275 g/mol. The molecule has 0 bridgehead atoms. The molecule has 1 fully saturated rings. The summed E-state index contributed by atoms with van der Waals surface area (Å²) in [4.78, 5) is 14.1. The second-order valence-corrected chi connectivity index (χ2v) is 5.20. The van der Waals surface area contributed by atoms with Gasteiger partial charge in [0.15, 0.2) is 0 Å². The van der Waals surface area contributed by atoms with Gasteiger partial charge in [-0.05, 0) is 44.0 Å². The number of piperidine rings is 1. The van der Waals surface area contributed by atoms with Gasteiger partial charge in [-0.3, -0.25) is 4.79 Å². The Labute approximate surface area is 119 Å². The molecule has 1 saturated heterocycles. The van der Waals surface area contributed by atoms with Gasteiger partial charge >= 0.3 is 0 Å². The number of furan rings is 1. The average molecular weight is 275 g/mol. The molecular weight excluding hydrogens is 254 g/mol. The van der Waals surface area contributed by atoms with Crippen LogP contribution in [-0.2, 0) is 11.3 Å². The van der Waals surface area contributed by atoms with E-state index in [2.05, 4.69) is 11.4 Å². The van der Waals surface area contributed by atoms with E-state index in [0.717, 1.165) is 31.7 Å². The average Bonchev–Trinajstić information content (AvgIpc) is 2.97. The SMILES string of the molecule is N#CCCN(Cc1ccco1)C(=O)CC1CCNCC1. The molecule has 0 atom stereocenters. The minimum atomic E-state index is 0.128. The zero-order chi connectivity index (χ0) is 14.2. The van der Waals surface area contributed by atoms with Gasteiger partial charge in [-0.2, -0.15) is 5.26 Å². The zero-order valence-electron chi connectivity index (χ0n) is 11.7. The minimum Gasteiger partial charge on any atom is -0.467 e. The molecule has 1 amide bonds. The predicted molar refractivity (Wildman–Crippen MR) is 74.6 cm³/mol. The maximum atomic E-state index is 12.4. The summed E-state index contributed by atoms with van der Waals surface area (Å²) < 4.78 is 5.30. The third kappa shape index (κ3) is 4.39. The summed E-state index contributed by atoms with van der Waals surface area (Å²) in [5, 5.41) is 12.0. The molecule has 1 aromatic rings. The molecule has 0 aliphatic carbocycles. The second kappa shape index (κ2) is 7.71. The van der Waals surface area contributed by atoms with E-state index in [-0.39, 0.29) is 5.91 Å². The predicted octanol–water partition coefficient (Wildman–Crippen LogP) is 1.91. The Kier molecular flexibility index (Phi) is 5.63. The van der Waals surface area contributed by atoms with Crippen LogP contribution in [0, 0.1) is 17.2 Å². The molecule has 1 aliphatic rings. The number of hydrogen-bond acceptors (Lipinski definition) is 4. The van der Waals surface area contributed by atoms with Crippen LogP contribution in [0.15, 0.2) is 22.8 Å². The highest BCUT2D eigenvalue weighted by Gasteiger charge is 2.21. The smallest absolute Gasteiger partial charge is 0.223 e. The Balaban J connectivity index is 1.90. The summed E-state index contributed by atoms with van der Waals surface area (Å²) >= 11 is 0. The van der Waals surface area contributed by atoms with Crippen molar-refractivity contribution in [3.8, 4) is 6.07 Å². The van der Waals surface area contributed by atoms with Crippen LogP contribution in [-0.4, -0.2) is 30.4 Å². The summed E-state index contributed by atoms with van der Waals surface area (Å²) in [6.45, 7) is 2.92. The lowest BCUT2D eigenvalue weighted by Gasteiger charge is -2.26. The molecule has 0 spiro atoms. The van der Waals surface area contributed by atoms with Crippen LogP contribution in [0.4, 0.5) is 0 Å². The van der Waals surface area contributed by atoms with Crippen molar-refractivity contribution in [2.45, 2.75) is 32.2 Å². The van der Waals surface area contributed by atoms with Gasteiger partial charge in [0, 0.05) is 13.0 Å². The van der Waals surface area contributed by atoms with Gasteiger partial charge in [-0.25, -0.2) is 0 Å². The Morgan fingerprint density at radius 1 is 1.50 bits per heavy atom. The molecular formula is C15H21N3O2. The molecule has 108 valence electrons. The largest absolute Gasteiger partial charge is 0.467 e. The summed E-state index contributed by atoms with van der Waals surface area (Å²) in [5.74, 6) is 1.36. The van der Waals surface area contributed by atoms with Gasteiger partial charge in [-0.1, -0.05) is 0 Å². The first kappa shape index (κ1) is 14.6. The molecule has 1 aliphatic heterocycles. The van der Waals surface area contributed by atoms with Crippen molar-refractivity contribution in [1.29, 1.82) is 5.26 Å². The van der Waals surface area contributed by atoms with E-state index in [1.165, 1.54) is 0 Å². The van der Waals surface area contributed by atoms with Crippen molar-refractivity contribution in [2.75, 3.05) is 19.6 Å².